The van der Waals surface area contributed by atoms with E-state index in [1.54, 1.807) is 28.9 Å². The molecule has 8 heteroatoms. The predicted molar refractivity (Wildman–Crippen MR) is 116 cm³/mol. The van der Waals surface area contributed by atoms with Gasteiger partial charge in [-0.25, -0.2) is 9.79 Å². The van der Waals surface area contributed by atoms with Crippen LogP contribution in [0.4, 0.5) is 0 Å². The van der Waals surface area contributed by atoms with Crippen LogP contribution in [0, 0.1) is 6.92 Å². The van der Waals surface area contributed by atoms with Gasteiger partial charge < -0.3 is 4.74 Å². The van der Waals surface area contributed by atoms with E-state index in [9.17, 15) is 9.59 Å². The number of methoxy groups -OCH3 is 1. The molecule has 148 valence electrons. The standard InChI is InChI=1S/C21H17ClN2O3S2/c1-11-8-9-28-15(11)10-16-19(25)24-18(13-6-4-5-7-14(13)22)17(20(26)27-3)12(2)23-21(24)29-16/h4-10,18H,1-3H3/t18-/m0/s1. The fourth-order valence-corrected chi connectivity index (χ4v) is 5.54. The number of aromatic nitrogens is 1. The molecule has 0 radical (unpaired) electrons. The summed E-state index contributed by atoms with van der Waals surface area (Å²) in [6.07, 6.45) is 1.88. The summed E-state index contributed by atoms with van der Waals surface area (Å²) in [5.41, 5.74) is 2.38. The first kappa shape index (κ1) is 19.8. The highest BCUT2D eigenvalue weighted by Crippen LogP contribution is 2.34. The molecule has 0 amide bonds. The first-order chi connectivity index (χ1) is 13.9. The number of benzene rings is 1. The van der Waals surface area contributed by atoms with Crippen LogP contribution in [-0.4, -0.2) is 17.6 Å². The molecule has 3 heterocycles. The van der Waals surface area contributed by atoms with Gasteiger partial charge in [0.05, 0.1) is 22.9 Å². The summed E-state index contributed by atoms with van der Waals surface area (Å²) in [6.45, 7) is 3.75. The smallest absolute Gasteiger partial charge is 0.338 e. The van der Waals surface area contributed by atoms with Crippen molar-refractivity contribution in [3.8, 4) is 0 Å². The quantitative estimate of drug-likeness (QED) is 0.581. The highest BCUT2D eigenvalue weighted by Gasteiger charge is 2.34. The molecule has 0 spiro atoms. The van der Waals surface area contributed by atoms with Gasteiger partial charge in [0, 0.05) is 9.90 Å². The van der Waals surface area contributed by atoms with E-state index < -0.39 is 12.0 Å². The SMILES string of the molecule is COC(=O)C1=C(C)N=c2sc(=Cc3sccc3C)c(=O)n2[C@H]1c1ccccc1Cl. The number of aryl methyl sites for hydroxylation is 1. The van der Waals surface area contributed by atoms with Crippen molar-refractivity contribution in [2.45, 2.75) is 19.9 Å². The van der Waals surface area contributed by atoms with E-state index in [4.69, 9.17) is 16.3 Å². The number of esters is 1. The van der Waals surface area contributed by atoms with Gasteiger partial charge in [0.1, 0.15) is 6.04 Å². The van der Waals surface area contributed by atoms with Gasteiger partial charge in [-0.1, -0.05) is 41.1 Å². The predicted octanol–water partition coefficient (Wildman–Crippen LogP) is 3.43. The second-order valence-electron chi connectivity index (χ2n) is 6.56. The Bertz CT molecular complexity index is 1330. The number of rotatable bonds is 3. The summed E-state index contributed by atoms with van der Waals surface area (Å²) in [5.74, 6) is -0.528. The third-order valence-corrected chi connectivity index (χ3v) is 7.08. The third-order valence-electron chi connectivity index (χ3n) is 4.79. The number of halogens is 1. The van der Waals surface area contributed by atoms with Crippen molar-refractivity contribution in [3.63, 3.8) is 0 Å². The number of nitrogens with zero attached hydrogens (tertiary/aromatic N) is 2. The number of carbonyl (C=O) groups excluding carboxylic acids is 1. The van der Waals surface area contributed by atoms with Gasteiger partial charge in [-0.05, 0) is 48.6 Å². The highest BCUT2D eigenvalue weighted by molar-refractivity contribution is 7.11. The maximum absolute atomic E-state index is 13.4. The lowest BCUT2D eigenvalue weighted by Crippen LogP contribution is -2.39. The van der Waals surface area contributed by atoms with Gasteiger partial charge in [-0.15, -0.1) is 11.3 Å². The average molecular weight is 445 g/mol. The van der Waals surface area contributed by atoms with Gasteiger partial charge in [-0.2, -0.15) is 0 Å². The zero-order valence-electron chi connectivity index (χ0n) is 15.9. The number of ether oxygens (including phenoxy) is 1. The molecule has 29 heavy (non-hydrogen) atoms. The second kappa shape index (κ2) is 7.74. The van der Waals surface area contributed by atoms with Crippen molar-refractivity contribution >= 4 is 46.3 Å². The molecule has 0 N–H and O–H groups in total. The molecule has 0 saturated carbocycles. The van der Waals surface area contributed by atoms with E-state index in [0.717, 1.165) is 10.4 Å². The molecule has 2 aromatic heterocycles. The van der Waals surface area contributed by atoms with Gasteiger partial charge in [0.2, 0.25) is 0 Å². The maximum atomic E-state index is 13.4. The Hall–Kier alpha value is -2.48. The van der Waals surface area contributed by atoms with Crippen LogP contribution in [0.2, 0.25) is 5.02 Å². The monoisotopic (exact) mass is 444 g/mol. The molecule has 0 aliphatic carbocycles. The Kier molecular flexibility index (Phi) is 5.29. The summed E-state index contributed by atoms with van der Waals surface area (Å²) in [5, 5.41) is 2.46. The number of fused-ring (bicyclic) bond motifs is 1. The van der Waals surface area contributed by atoms with Crippen LogP contribution in [0.15, 0.2) is 56.8 Å². The number of allylic oxidation sites excluding steroid dienone is 1. The number of hydrogen-bond acceptors (Lipinski definition) is 6. The topological polar surface area (TPSA) is 60.7 Å². The molecule has 0 bridgehead atoms. The molecule has 3 aromatic rings. The fraction of sp³-hybridized carbons (Fsp3) is 0.190. The Labute approximate surface area is 179 Å². The van der Waals surface area contributed by atoms with Crippen LogP contribution in [0.5, 0.6) is 0 Å². The lowest BCUT2D eigenvalue weighted by molar-refractivity contribution is -0.136. The summed E-state index contributed by atoms with van der Waals surface area (Å²) < 4.78 is 7.10. The fourth-order valence-electron chi connectivity index (χ4n) is 3.34. The second-order valence-corrected chi connectivity index (χ2v) is 8.93. The molecule has 1 aromatic carbocycles. The van der Waals surface area contributed by atoms with E-state index in [1.165, 1.54) is 18.4 Å². The molecule has 1 aliphatic heterocycles. The number of thiophene rings is 1. The number of thiazole rings is 1. The normalized spacial score (nSPS) is 16.6. The minimum Gasteiger partial charge on any atom is -0.466 e. The average Bonchev–Trinajstić information content (AvgIpc) is 3.24. The zero-order valence-corrected chi connectivity index (χ0v) is 18.3. The molecule has 1 atom stereocenters. The molecular weight excluding hydrogens is 428 g/mol. The van der Waals surface area contributed by atoms with E-state index in [2.05, 4.69) is 4.99 Å². The lowest BCUT2D eigenvalue weighted by Gasteiger charge is -2.25. The molecule has 0 unspecified atom stereocenters. The van der Waals surface area contributed by atoms with Crippen molar-refractivity contribution in [1.82, 2.24) is 4.57 Å². The molecule has 4 rings (SSSR count). The Morgan fingerprint density at radius 3 is 2.69 bits per heavy atom. The van der Waals surface area contributed by atoms with Crippen molar-refractivity contribution < 1.29 is 9.53 Å². The molecule has 1 aliphatic rings. The Morgan fingerprint density at radius 1 is 1.28 bits per heavy atom. The van der Waals surface area contributed by atoms with Crippen LogP contribution < -0.4 is 14.9 Å². The van der Waals surface area contributed by atoms with E-state index in [0.29, 0.717) is 31.2 Å². The molecular formula is C21H17ClN2O3S2. The van der Waals surface area contributed by atoms with Crippen molar-refractivity contribution in [2.75, 3.05) is 7.11 Å². The zero-order chi connectivity index (χ0) is 20.7. The Morgan fingerprint density at radius 2 is 2.03 bits per heavy atom. The molecule has 0 fully saturated rings. The van der Waals surface area contributed by atoms with Crippen molar-refractivity contribution in [1.29, 1.82) is 0 Å². The Balaban J connectivity index is 2.03. The van der Waals surface area contributed by atoms with Gasteiger partial charge in [-0.3, -0.25) is 9.36 Å². The minimum absolute atomic E-state index is 0.208. The van der Waals surface area contributed by atoms with E-state index in [-0.39, 0.29) is 5.56 Å². The molecule has 0 saturated heterocycles. The van der Waals surface area contributed by atoms with E-state index in [1.807, 2.05) is 42.6 Å². The lowest BCUT2D eigenvalue weighted by atomic mass is 9.96. The van der Waals surface area contributed by atoms with Crippen molar-refractivity contribution in [2.24, 2.45) is 4.99 Å². The minimum atomic E-state index is -0.695. The number of hydrogen-bond donors (Lipinski definition) is 0. The van der Waals surface area contributed by atoms with Crippen LogP contribution in [-0.2, 0) is 9.53 Å². The van der Waals surface area contributed by atoms with Gasteiger partial charge >= 0.3 is 5.97 Å². The van der Waals surface area contributed by atoms with Gasteiger partial charge in [0.25, 0.3) is 5.56 Å². The largest absolute Gasteiger partial charge is 0.466 e. The summed E-state index contributed by atoms with van der Waals surface area (Å²) >= 11 is 9.34. The van der Waals surface area contributed by atoms with Crippen LogP contribution >= 0.6 is 34.3 Å². The maximum Gasteiger partial charge on any atom is 0.338 e. The van der Waals surface area contributed by atoms with Crippen molar-refractivity contribution in [3.05, 3.63) is 87.7 Å². The van der Waals surface area contributed by atoms with Crippen LogP contribution in [0.3, 0.4) is 0 Å². The summed E-state index contributed by atoms with van der Waals surface area (Å²) in [6, 6.07) is 8.51. The molecule has 5 nitrogen and oxygen atoms in total. The first-order valence-electron chi connectivity index (χ1n) is 8.81. The first-order valence-corrected chi connectivity index (χ1v) is 10.9. The number of carbonyl (C=O) groups is 1. The third kappa shape index (κ3) is 3.39. The van der Waals surface area contributed by atoms with Gasteiger partial charge in [0.15, 0.2) is 4.80 Å². The highest BCUT2D eigenvalue weighted by atomic mass is 35.5. The van der Waals surface area contributed by atoms with E-state index >= 15 is 0 Å². The van der Waals surface area contributed by atoms with Crippen LogP contribution in [0.1, 0.15) is 29.0 Å². The summed E-state index contributed by atoms with van der Waals surface area (Å²) in [7, 11) is 1.32. The summed E-state index contributed by atoms with van der Waals surface area (Å²) in [4.78, 5) is 32.1. The van der Waals surface area contributed by atoms with Crippen LogP contribution in [0.25, 0.3) is 6.08 Å².